The summed E-state index contributed by atoms with van der Waals surface area (Å²) >= 11 is 6.12. The van der Waals surface area contributed by atoms with Crippen LogP contribution >= 0.6 is 11.6 Å². The Labute approximate surface area is 163 Å². The Kier molecular flexibility index (Phi) is 4.46. The smallest absolute Gasteiger partial charge is 0.334 e. The van der Waals surface area contributed by atoms with Crippen LogP contribution in [0, 0.1) is 11.8 Å². The molecule has 27 heavy (non-hydrogen) atoms. The van der Waals surface area contributed by atoms with Crippen molar-refractivity contribution in [1.29, 1.82) is 0 Å². The van der Waals surface area contributed by atoms with Gasteiger partial charge in [0.1, 0.15) is 0 Å². The zero-order chi connectivity index (χ0) is 19.3. The SMILES string of the molecule is CC(C)(Cn1c(O)cc(=O)n(C2CC3CCC2C3)c1=O)c1cccc(Cl)c1. The number of halogens is 1. The number of hydrogen-bond acceptors (Lipinski definition) is 3. The zero-order valence-electron chi connectivity index (χ0n) is 15.7. The van der Waals surface area contributed by atoms with Crippen molar-refractivity contribution >= 4 is 11.6 Å². The van der Waals surface area contributed by atoms with Gasteiger partial charge in [-0.3, -0.25) is 13.9 Å². The Morgan fingerprint density at radius 1 is 1.19 bits per heavy atom. The second kappa shape index (κ2) is 6.55. The lowest BCUT2D eigenvalue weighted by Gasteiger charge is -2.29. The van der Waals surface area contributed by atoms with Gasteiger partial charge in [0.05, 0.1) is 6.07 Å². The van der Waals surface area contributed by atoms with Crippen LogP contribution in [0.2, 0.25) is 5.02 Å². The first kappa shape index (κ1) is 18.4. The van der Waals surface area contributed by atoms with E-state index in [0.717, 1.165) is 24.8 Å². The molecule has 0 amide bonds. The number of nitrogens with zero attached hydrogens (tertiary/aromatic N) is 2. The predicted octanol–water partition coefficient (Wildman–Crippen LogP) is 3.71. The summed E-state index contributed by atoms with van der Waals surface area (Å²) in [5, 5.41) is 11.0. The number of hydrogen-bond donors (Lipinski definition) is 1. The minimum atomic E-state index is -0.441. The van der Waals surface area contributed by atoms with Crippen molar-refractivity contribution in [2.75, 3.05) is 0 Å². The van der Waals surface area contributed by atoms with Crippen LogP contribution in [0.4, 0.5) is 0 Å². The second-order valence-corrected chi connectivity index (χ2v) is 9.15. The third-order valence-electron chi connectivity index (χ3n) is 6.40. The van der Waals surface area contributed by atoms with Crippen molar-refractivity contribution in [2.24, 2.45) is 11.8 Å². The summed E-state index contributed by atoms with van der Waals surface area (Å²) in [7, 11) is 0. The number of benzene rings is 1. The van der Waals surface area contributed by atoms with Gasteiger partial charge < -0.3 is 5.11 Å². The highest BCUT2D eigenvalue weighted by atomic mass is 35.5. The van der Waals surface area contributed by atoms with E-state index in [4.69, 9.17) is 11.6 Å². The van der Waals surface area contributed by atoms with Gasteiger partial charge in [0, 0.05) is 23.0 Å². The van der Waals surface area contributed by atoms with Crippen LogP contribution in [0.1, 0.15) is 51.1 Å². The molecular formula is C21H25ClN2O3. The first-order valence-corrected chi connectivity index (χ1v) is 9.95. The summed E-state index contributed by atoms with van der Waals surface area (Å²) in [5.41, 5.74) is -0.276. The molecule has 144 valence electrons. The second-order valence-electron chi connectivity index (χ2n) is 8.72. The van der Waals surface area contributed by atoms with E-state index in [1.54, 1.807) is 6.07 Å². The maximum atomic E-state index is 13.2. The van der Waals surface area contributed by atoms with Crippen LogP contribution < -0.4 is 11.2 Å². The van der Waals surface area contributed by atoms with E-state index in [9.17, 15) is 14.7 Å². The zero-order valence-corrected chi connectivity index (χ0v) is 16.4. The number of aromatic nitrogens is 2. The molecule has 1 aromatic carbocycles. The van der Waals surface area contributed by atoms with Crippen molar-refractivity contribution in [3.8, 4) is 5.88 Å². The first-order chi connectivity index (χ1) is 12.8. The predicted molar refractivity (Wildman–Crippen MR) is 106 cm³/mol. The molecule has 2 saturated carbocycles. The lowest BCUT2D eigenvalue weighted by molar-refractivity contribution is 0.286. The highest BCUT2D eigenvalue weighted by Crippen LogP contribution is 2.49. The van der Waals surface area contributed by atoms with Crippen LogP contribution in [-0.4, -0.2) is 14.2 Å². The van der Waals surface area contributed by atoms with E-state index in [1.807, 2.05) is 32.0 Å². The third-order valence-corrected chi connectivity index (χ3v) is 6.63. The summed E-state index contributed by atoms with van der Waals surface area (Å²) in [4.78, 5) is 25.7. The van der Waals surface area contributed by atoms with Gasteiger partial charge in [0.25, 0.3) is 5.56 Å². The van der Waals surface area contributed by atoms with Crippen molar-refractivity contribution < 1.29 is 5.11 Å². The average Bonchev–Trinajstić information content (AvgIpc) is 3.22. The lowest BCUT2D eigenvalue weighted by Crippen LogP contribution is -2.44. The lowest BCUT2D eigenvalue weighted by atomic mass is 9.84. The Hall–Kier alpha value is -2.01. The third kappa shape index (κ3) is 3.22. The molecule has 2 aromatic rings. The highest BCUT2D eigenvalue weighted by Gasteiger charge is 2.42. The van der Waals surface area contributed by atoms with E-state index in [0.29, 0.717) is 16.9 Å². The van der Waals surface area contributed by atoms with E-state index in [2.05, 4.69) is 0 Å². The van der Waals surface area contributed by atoms with Gasteiger partial charge in [0.15, 0.2) is 0 Å². The van der Waals surface area contributed by atoms with E-state index in [-0.39, 0.29) is 18.5 Å². The molecule has 0 radical (unpaired) electrons. The maximum Gasteiger partial charge on any atom is 0.334 e. The highest BCUT2D eigenvalue weighted by molar-refractivity contribution is 6.30. The number of fused-ring (bicyclic) bond motifs is 2. The number of aromatic hydroxyl groups is 1. The van der Waals surface area contributed by atoms with E-state index >= 15 is 0 Å². The van der Waals surface area contributed by atoms with Crippen molar-refractivity contribution in [3.63, 3.8) is 0 Å². The molecule has 3 atom stereocenters. The van der Waals surface area contributed by atoms with Gasteiger partial charge in [-0.25, -0.2) is 4.79 Å². The average molecular weight is 389 g/mol. The minimum Gasteiger partial charge on any atom is -0.494 e. The molecule has 2 aliphatic rings. The molecule has 2 fully saturated rings. The van der Waals surface area contributed by atoms with Gasteiger partial charge in [-0.05, 0) is 48.8 Å². The molecule has 0 aliphatic heterocycles. The molecule has 3 unspecified atom stereocenters. The van der Waals surface area contributed by atoms with Crippen molar-refractivity contribution in [3.05, 3.63) is 61.8 Å². The molecular weight excluding hydrogens is 364 g/mol. The molecule has 1 aromatic heterocycles. The summed E-state index contributed by atoms with van der Waals surface area (Å²) in [5.74, 6) is 0.746. The van der Waals surface area contributed by atoms with Crippen LogP contribution in [0.3, 0.4) is 0 Å². The molecule has 1 heterocycles. The van der Waals surface area contributed by atoms with E-state index in [1.165, 1.54) is 21.6 Å². The standard InChI is InChI=1S/C21H25ClN2O3/c1-21(2,15-4-3-5-16(22)10-15)12-23-18(25)11-19(26)24(20(23)27)17-9-13-6-7-14(17)8-13/h3-5,10-11,13-14,17,25H,6-9,12H2,1-2H3. The minimum absolute atomic E-state index is 0.0371. The summed E-state index contributed by atoms with van der Waals surface area (Å²) < 4.78 is 2.71. The van der Waals surface area contributed by atoms with Crippen LogP contribution in [0.15, 0.2) is 39.9 Å². The largest absolute Gasteiger partial charge is 0.494 e. The Bertz CT molecular complexity index is 992. The molecule has 2 bridgehead atoms. The summed E-state index contributed by atoms with van der Waals surface area (Å²) in [6, 6.07) is 8.65. The van der Waals surface area contributed by atoms with Crippen LogP contribution in [0.25, 0.3) is 0 Å². The molecule has 5 nitrogen and oxygen atoms in total. The fraction of sp³-hybridized carbons (Fsp3) is 0.524. The molecule has 1 N–H and O–H groups in total. The van der Waals surface area contributed by atoms with Gasteiger partial charge in [-0.2, -0.15) is 0 Å². The fourth-order valence-electron chi connectivity index (χ4n) is 4.96. The monoisotopic (exact) mass is 388 g/mol. The molecule has 4 rings (SSSR count). The first-order valence-electron chi connectivity index (χ1n) is 9.57. The van der Waals surface area contributed by atoms with Gasteiger partial charge >= 0.3 is 5.69 Å². The quantitative estimate of drug-likeness (QED) is 0.868. The Morgan fingerprint density at radius 2 is 1.96 bits per heavy atom. The normalized spacial score (nSPS) is 24.5. The molecule has 0 saturated heterocycles. The van der Waals surface area contributed by atoms with Crippen molar-refractivity contribution in [2.45, 2.75) is 57.5 Å². The van der Waals surface area contributed by atoms with Gasteiger partial charge in [0.2, 0.25) is 5.88 Å². The van der Waals surface area contributed by atoms with Gasteiger partial charge in [-0.1, -0.05) is 44.0 Å². The van der Waals surface area contributed by atoms with Crippen LogP contribution in [-0.2, 0) is 12.0 Å². The molecule has 2 aliphatic carbocycles. The van der Waals surface area contributed by atoms with Crippen LogP contribution in [0.5, 0.6) is 5.88 Å². The topological polar surface area (TPSA) is 64.2 Å². The molecule has 6 heteroatoms. The Balaban J connectivity index is 1.74. The van der Waals surface area contributed by atoms with E-state index < -0.39 is 16.7 Å². The number of rotatable bonds is 4. The summed E-state index contributed by atoms with van der Waals surface area (Å²) in [6.07, 6.45) is 4.27. The summed E-state index contributed by atoms with van der Waals surface area (Å²) in [6.45, 7) is 4.26. The Morgan fingerprint density at radius 3 is 2.59 bits per heavy atom. The molecule has 0 spiro atoms. The van der Waals surface area contributed by atoms with Crippen molar-refractivity contribution in [1.82, 2.24) is 9.13 Å². The maximum absolute atomic E-state index is 13.2. The van der Waals surface area contributed by atoms with Gasteiger partial charge in [-0.15, -0.1) is 0 Å². The fourth-order valence-corrected chi connectivity index (χ4v) is 5.15.